The van der Waals surface area contributed by atoms with Gasteiger partial charge in [0.2, 0.25) is 5.91 Å². The Kier molecular flexibility index (Phi) is 5.23. The van der Waals surface area contributed by atoms with Gasteiger partial charge in [-0.3, -0.25) is 14.5 Å². The van der Waals surface area contributed by atoms with E-state index in [-0.39, 0.29) is 29.8 Å². The largest absolute Gasteiger partial charge is 0.294 e. The molecule has 0 fully saturated rings. The standard InChI is InChI=1S/C25H23FN2O2S/c26-16-11-9-15(10-12-16)18-13-23(30)28(20-6-4-7-21(29)24(18)20)25-19(14-27)17-5-2-1-3-8-22(17)31-25/h9-12,18H,1-8,13H2/t18-/m1/s1. The van der Waals surface area contributed by atoms with Crippen LogP contribution < -0.4 is 4.90 Å². The highest BCUT2D eigenvalue weighted by atomic mass is 32.1. The van der Waals surface area contributed by atoms with Gasteiger partial charge in [0.1, 0.15) is 16.9 Å². The number of carbonyl (C=O) groups is 2. The lowest BCUT2D eigenvalue weighted by Gasteiger charge is -2.37. The van der Waals surface area contributed by atoms with Crippen LogP contribution in [0.3, 0.4) is 0 Å². The maximum absolute atomic E-state index is 13.5. The van der Waals surface area contributed by atoms with Crippen LogP contribution in [0, 0.1) is 17.1 Å². The number of thiophene rings is 1. The summed E-state index contributed by atoms with van der Waals surface area (Å²) in [5, 5.41) is 10.7. The highest BCUT2D eigenvalue weighted by Crippen LogP contribution is 2.47. The first-order valence-corrected chi connectivity index (χ1v) is 11.8. The fraction of sp³-hybridized carbons (Fsp3) is 0.400. The third-order valence-corrected chi connectivity index (χ3v) is 7.94. The van der Waals surface area contributed by atoms with Gasteiger partial charge in [-0.15, -0.1) is 11.3 Å². The van der Waals surface area contributed by atoms with Crippen molar-refractivity contribution < 1.29 is 14.0 Å². The molecule has 1 aromatic carbocycles. The first kappa shape index (κ1) is 20.1. The minimum Gasteiger partial charge on any atom is -0.294 e. The lowest BCUT2D eigenvalue weighted by atomic mass is 9.77. The molecule has 1 aromatic heterocycles. The van der Waals surface area contributed by atoms with Crippen LogP contribution >= 0.6 is 11.3 Å². The molecule has 0 spiro atoms. The van der Waals surface area contributed by atoms with Crippen LogP contribution in [0.25, 0.3) is 0 Å². The van der Waals surface area contributed by atoms with Crippen LogP contribution in [0.1, 0.15) is 72.4 Å². The van der Waals surface area contributed by atoms with Gasteiger partial charge in [0.25, 0.3) is 0 Å². The molecule has 2 heterocycles. The van der Waals surface area contributed by atoms with Crippen molar-refractivity contribution in [1.82, 2.24) is 0 Å². The van der Waals surface area contributed by atoms with E-state index >= 15 is 0 Å². The molecule has 1 amide bonds. The molecule has 3 aliphatic rings. The smallest absolute Gasteiger partial charge is 0.232 e. The van der Waals surface area contributed by atoms with Crippen molar-refractivity contribution in [2.45, 2.75) is 63.7 Å². The zero-order chi connectivity index (χ0) is 21.5. The van der Waals surface area contributed by atoms with Crippen molar-refractivity contribution in [1.29, 1.82) is 5.26 Å². The van der Waals surface area contributed by atoms with Gasteiger partial charge < -0.3 is 0 Å². The molecule has 4 nitrogen and oxygen atoms in total. The maximum Gasteiger partial charge on any atom is 0.232 e. The number of nitrogens with zero attached hydrogens (tertiary/aromatic N) is 2. The summed E-state index contributed by atoms with van der Waals surface area (Å²) in [4.78, 5) is 29.4. The summed E-state index contributed by atoms with van der Waals surface area (Å²) in [5.41, 5.74) is 3.91. The number of aryl methyl sites for hydroxylation is 1. The second-order valence-corrected chi connectivity index (χ2v) is 9.61. The van der Waals surface area contributed by atoms with E-state index in [0.717, 1.165) is 48.9 Å². The molecule has 1 aliphatic heterocycles. The number of amides is 1. The fourth-order valence-electron chi connectivity index (χ4n) is 5.21. The number of hydrogen-bond acceptors (Lipinski definition) is 4. The Bertz CT molecular complexity index is 1140. The molecule has 0 saturated heterocycles. The molecule has 0 bridgehead atoms. The molecule has 5 rings (SSSR count). The number of benzene rings is 1. The van der Waals surface area contributed by atoms with Crippen LogP contribution in [-0.2, 0) is 22.4 Å². The fourth-order valence-corrected chi connectivity index (χ4v) is 6.59. The molecule has 158 valence electrons. The third kappa shape index (κ3) is 3.41. The predicted molar refractivity (Wildman–Crippen MR) is 117 cm³/mol. The summed E-state index contributed by atoms with van der Waals surface area (Å²) in [6, 6.07) is 8.47. The number of rotatable bonds is 2. The van der Waals surface area contributed by atoms with Gasteiger partial charge in [-0.2, -0.15) is 5.26 Å². The zero-order valence-electron chi connectivity index (χ0n) is 17.2. The van der Waals surface area contributed by atoms with Crippen molar-refractivity contribution in [2.75, 3.05) is 4.90 Å². The summed E-state index contributed by atoms with van der Waals surface area (Å²) in [6.45, 7) is 0. The molecular weight excluding hydrogens is 411 g/mol. The quantitative estimate of drug-likeness (QED) is 0.582. The minimum atomic E-state index is -0.351. The summed E-state index contributed by atoms with van der Waals surface area (Å²) in [5.74, 6) is -0.716. The normalized spacial score (nSPS) is 21.4. The van der Waals surface area contributed by atoms with Gasteiger partial charge in [0, 0.05) is 34.9 Å². The number of Topliss-reactive ketones (excluding diaryl/α,β-unsaturated/α-hetero) is 1. The van der Waals surface area contributed by atoms with Gasteiger partial charge in [-0.25, -0.2) is 4.39 Å². The van der Waals surface area contributed by atoms with Crippen molar-refractivity contribution in [3.63, 3.8) is 0 Å². The van der Waals surface area contributed by atoms with E-state index in [9.17, 15) is 19.2 Å². The van der Waals surface area contributed by atoms with Crippen LogP contribution in [-0.4, -0.2) is 11.7 Å². The van der Waals surface area contributed by atoms with Gasteiger partial charge in [-0.05, 0) is 61.8 Å². The number of ketones is 1. The zero-order valence-corrected chi connectivity index (χ0v) is 18.1. The van der Waals surface area contributed by atoms with Crippen molar-refractivity contribution in [2.24, 2.45) is 0 Å². The second-order valence-electron chi connectivity index (χ2n) is 8.53. The van der Waals surface area contributed by atoms with E-state index in [1.54, 1.807) is 28.4 Å². The van der Waals surface area contributed by atoms with E-state index in [0.29, 0.717) is 35.4 Å². The monoisotopic (exact) mass is 434 g/mol. The SMILES string of the molecule is N#Cc1c(N2C(=O)C[C@H](c3ccc(F)cc3)C3=C2CCCC3=O)sc2c1CCCCC2. The molecule has 0 saturated carbocycles. The highest BCUT2D eigenvalue weighted by molar-refractivity contribution is 7.16. The third-order valence-electron chi connectivity index (χ3n) is 6.67. The molecule has 0 unspecified atom stereocenters. The van der Waals surface area contributed by atoms with Crippen LogP contribution in [0.4, 0.5) is 9.39 Å². The Morgan fingerprint density at radius 1 is 1.00 bits per heavy atom. The molecular formula is C25H23FN2O2S. The Labute approximate surface area is 185 Å². The van der Waals surface area contributed by atoms with E-state index in [2.05, 4.69) is 6.07 Å². The first-order valence-electron chi connectivity index (χ1n) is 11.0. The van der Waals surface area contributed by atoms with Gasteiger partial charge >= 0.3 is 0 Å². The Morgan fingerprint density at radius 2 is 1.77 bits per heavy atom. The summed E-state index contributed by atoms with van der Waals surface area (Å²) in [7, 11) is 0. The van der Waals surface area contributed by atoms with Crippen molar-refractivity contribution >= 4 is 28.0 Å². The first-order chi connectivity index (χ1) is 15.1. The average Bonchev–Trinajstić information content (AvgIpc) is 2.94. The van der Waals surface area contributed by atoms with Crippen molar-refractivity contribution in [3.05, 3.63) is 62.9 Å². The minimum absolute atomic E-state index is 0.0599. The van der Waals surface area contributed by atoms with E-state index < -0.39 is 0 Å². The molecule has 6 heteroatoms. The molecule has 1 atom stereocenters. The maximum atomic E-state index is 13.5. The van der Waals surface area contributed by atoms with E-state index in [1.807, 2.05) is 0 Å². The molecule has 0 N–H and O–H groups in total. The summed E-state index contributed by atoms with van der Waals surface area (Å²) < 4.78 is 13.5. The lowest BCUT2D eigenvalue weighted by molar-refractivity contribution is -0.119. The number of fused-ring (bicyclic) bond motifs is 1. The van der Waals surface area contributed by atoms with Gasteiger partial charge in [-0.1, -0.05) is 18.6 Å². The van der Waals surface area contributed by atoms with E-state index in [4.69, 9.17) is 0 Å². The lowest BCUT2D eigenvalue weighted by Crippen LogP contribution is -2.40. The number of nitriles is 1. The topological polar surface area (TPSA) is 61.2 Å². The number of hydrogen-bond donors (Lipinski definition) is 0. The van der Waals surface area contributed by atoms with E-state index in [1.165, 1.54) is 17.0 Å². The molecule has 0 radical (unpaired) electrons. The van der Waals surface area contributed by atoms with Gasteiger partial charge in [0.15, 0.2) is 5.78 Å². The number of anilines is 1. The van der Waals surface area contributed by atoms with Crippen molar-refractivity contribution in [3.8, 4) is 6.07 Å². The average molecular weight is 435 g/mol. The van der Waals surface area contributed by atoms with Crippen LogP contribution in [0.15, 0.2) is 35.5 Å². The predicted octanol–water partition coefficient (Wildman–Crippen LogP) is 5.56. The van der Waals surface area contributed by atoms with Crippen LogP contribution in [0.5, 0.6) is 0 Å². The highest BCUT2D eigenvalue weighted by Gasteiger charge is 2.41. The Hall–Kier alpha value is -2.78. The number of carbonyl (C=O) groups excluding carboxylic acids is 2. The van der Waals surface area contributed by atoms with Gasteiger partial charge in [0.05, 0.1) is 5.56 Å². The second kappa shape index (κ2) is 8.05. The number of allylic oxidation sites excluding steroid dienone is 2. The summed E-state index contributed by atoms with van der Waals surface area (Å²) in [6.07, 6.45) is 7.10. The Morgan fingerprint density at radius 3 is 2.55 bits per heavy atom. The molecule has 31 heavy (non-hydrogen) atoms. The van der Waals surface area contributed by atoms with Crippen LogP contribution in [0.2, 0.25) is 0 Å². The Balaban J connectivity index is 1.66. The molecule has 2 aromatic rings. The molecule has 2 aliphatic carbocycles. The summed E-state index contributed by atoms with van der Waals surface area (Å²) >= 11 is 1.55. The number of halogens is 1.